The van der Waals surface area contributed by atoms with Gasteiger partial charge in [0.15, 0.2) is 12.2 Å². The van der Waals surface area contributed by atoms with Crippen molar-refractivity contribution in [3.8, 4) is 11.5 Å². The first kappa shape index (κ1) is 21.2. The van der Waals surface area contributed by atoms with Crippen LogP contribution in [0.4, 0.5) is 5.69 Å². The third-order valence-electron chi connectivity index (χ3n) is 4.61. The van der Waals surface area contributed by atoms with Gasteiger partial charge in [0.1, 0.15) is 11.5 Å². The smallest absolute Gasteiger partial charge is 0.310 e. The first-order valence-electron chi connectivity index (χ1n) is 9.63. The minimum atomic E-state index is -1.00. The van der Waals surface area contributed by atoms with Crippen molar-refractivity contribution in [2.75, 3.05) is 19.0 Å². The fraction of sp³-hybridized carbons (Fsp3) is 0.318. The van der Waals surface area contributed by atoms with Crippen molar-refractivity contribution in [2.45, 2.75) is 32.0 Å². The van der Waals surface area contributed by atoms with E-state index in [0.717, 1.165) is 11.3 Å². The van der Waals surface area contributed by atoms with Crippen molar-refractivity contribution in [2.24, 2.45) is 0 Å². The Morgan fingerprint density at radius 2 is 1.90 bits per heavy atom. The van der Waals surface area contributed by atoms with E-state index >= 15 is 0 Å². The molecule has 0 aliphatic carbocycles. The number of carbonyl (C=O) groups is 3. The Balaban J connectivity index is 1.42. The normalized spacial score (nSPS) is 15.8. The monoisotopic (exact) mass is 412 g/mol. The van der Waals surface area contributed by atoms with E-state index in [1.165, 1.54) is 6.92 Å². The molecule has 1 heterocycles. The molecule has 1 aliphatic heterocycles. The van der Waals surface area contributed by atoms with E-state index < -0.39 is 30.0 Å². The minimum absolute atomic E-state index is 0.288. The largest absolute Gasteiger partial charge is 0.497 e. The van der Waals surface area contributed by atoms with Crippen molar-refractivity contribution in [1.29, 1.82) is 0 Å². The molecule has 0 spiro atoms. The molecule has 2 amide bonds. The van der Waals surface area contributed by atoms with Crippen LogP contribution in [0.25, 0.3) is 0 Å². The number of methoxy groups -OCH3 is 1. The Morgan fingerprint density at radius 3 is 2.63 bits per heavy atom. The number of amides is 2. The molecule has 158 valence electrons. The molecule has 8 heteroatoms. The van der Waals surface area contributed by atoms with Gasteiger partial charge in [0.2, 0.25) is 0 Å². The van der Waals surface area contributed by atoms with Crippen molar-refractivity contribution >= 4 is 23.5 Å². The molecular weight excluding hydrogens is 388 g/mol. The predicted octanol–water partition coefficient (Wildman–Crippen LogP) is 2.08. The number of hydrogen-bond acceptors (Lipinski definition) is 6. The number of benzene rings is 2. The summed E-state index contributed by atoms with van der Waals surface area (Å²) in [6, 6.07) is 14.5. The maximum absolute atomic E-state index is 12.2. The van der Waals surface area contributed by atoms with Crippen molar-refractivity contribution in [3.05, 3.63) is 54.1 Å². The summed E-state index contributed by atoms with van der Waals surface area (Å²) in [6.07, 6.45) is -1.64. The first-order valence-corrected chi connectivity index (χ1v) is 9.63. The summed E-state index contributed by atoms with van der Waals surface area (Å²) in [6.45, 7) is 1.88. The van der Waals surface area contributed by atoms with Gasteiger partial charge in [-0.15, -0.1) is 0 Å². The number of ether oxygens (including phenoxy) is 3. The summed E-state index contributed by atoms with van der Waals surface area (Å²) in [5, 5.41) is 5.42. The molecule has 0 fully saturated rings. The summed E-state index contributed by atoms with van der Waals surface area (Å²) >= 11 is 0. The standard InChI is InChI=1S/C22H24N2O6/c1-14(21(26)23-12-11-15-7-9-16(28-2)10-8-15)29-20(25)13-19-22(27)24-17-5-3-4-6-18(17)30-19/h3-10,14,19H,11-13H2,1-2H3,(H,23,26)(H,24,27)/t14-,19+/m0/s1. The summed E-state index contributed by atoms with van der Waals surface area (Å²) in [5.74, 6) is -0.271. The van der Waals surface area contributed by atoms with Crippen molar-refractivity contribution in [3.63, 3.8) is 0 Å². The molecule has 2 N–H and O–H groups in total. The summed E-state index contributed by atoms with van der Waals surface area (Å²) in [7, 11) is 1.60. The topological polar surface area (TPSA) is 103 Å². The maximum Gasteiger partial charge on any atom is 0.310 e. The van der Waals surface area contributed by atoms with Crippen LogP contribution in [0.3, 0.4) is 0 Å². The highest BCUT2D eigenvalue weighted by molar-refractivity contribution is 5.99. The molecule has 0 radical (unpaired) electrons. The lowest BCUT2D eigenvalue weighted by Crippen LogP contribution is -2.41. The zero-order valence-electron chi connectivity index (χ0n) is 16.8. The predicted molar refractivity (Wildman–Crippen MR) is 109 cm³/mol. The van der Waals surface area contributed by atoms with Crippen molar-refractivity contribution in [1.82, 2.24) is 5.32 Å². The first-order chi connectivity index (χ1) is 14.5. The molecule has 3 rings (SSSR count). The molecule has 0 saturated heterocycles. The number of esters is 1. The number of anilines is 1. The SMILES string of the molecule is COc1ccc(CCNC(=O)[C@H](C)OC(=O)C[C@H]2Oc3ccccc3NC2=O)cc1. The molecule has 2 aromatic carbocycles. The van der Waals surface area contributed by atoms with Gasteiger partial charge in [-0.3, -0.25) is 14.4 Å². The highest BCUT2D eigenvalue weighted by Gasteiger charge is 2.31. The second kappa shape index (κ2) is 9.78. The van der Waals surface area contributed by atoms with Gasteiger partial charge < -0.3 is 24.8 Å². The van der Waals surface area contributed by atoms with Crippen LogP contribution >= 0.6 is 0 Å². The molecule has 1 aliphatic rings. The van der Waals surface area contributed by atoms with E-state index in [-0.39, 0.29) is 6.42 Å². The minimum Gasteiger partial charge on any atom is -0.497 e. The highest BCUT2D eigenvalue weighted by Crippen LogP contribution is 2.29. The van der Waals surface area contributed by atoms with Crippen LogP contribution < -0.4 is 20.1 Å². The molecule has 2 aromatic rings. The number of carbonyl (C=O) groups excluding carboxylic acids is 3. The van der Waals surface area contributed by atoms with Gasteiger partial charge in [-0.05, 0) is 43.2 Å². The number of hydrogen-bond donors (Lipinski definition) is 2. The lowest BCUT2D eigenvalue weighted by molar-refractivity contribution is -0.157. The average molecular weight is 412 g/mol. The molecule has 0 saturated carbocycles. The van der Waals surface area contributed by atoms with Crippen LogP contribution in [0.1, 0.15) is 18.9 Å². The van der Waals surface area contributed by atoms with Crippen LogP contribution in [0.2, 0.25) is 0 Å². The second-order valence-electron chi connectivity index (χ2n) is 6.82. The van der Waals surface area contributed by atoms with Crippen LogP contribution in [0.15, 0.2) is 48.5 Å². The molecule has 2 atom stereocenters. The van der Waals surface area contributed by atoms with Gasteiger partial charge in [-0.1, -0.05) is 24.3 Å². The Morgan fingerprint density at radius 1 is 1.17 bits per heavy atom. The summed E-state index contributed by atoms with van der Waals surface area (Å²) in [5.41, 5.74) is 1.60. The Bertz CT molecular complexity index is 912. The fourth-order valence-corrected chi connectivity index (χ4v) is 2.94. The van der Waals surface area contributed by atoms with Gasteiger partial charge in [0.05, 0.1) is 19.2 Å². The van der Waals surface area contributed by atoms with Crippen LogP contribution in [0.5, 0.6) is 11.5 Å². The zero-order chi connectivity index (χ0) is 21.5. The maximum atomic E-state index is 12.2. The average Bonchev–Trinajstić information content (AvgIpc) is 2.74. The van der Waals surface area contributed by atoms with E-state index in [9.17, 15) is 14.4 Å². The van der Waals surface area contributed by atoms with Gasteiger partial charge in [0, 0.05) is 6.54 Å². The molecule has 0 bridgehead atoms. The molecule has 8 nitrogen and oxygen atoms in total. The zero-order valence-corrected chi connectivity index (χ0v) is 16.8. The number of rotatable bonds is 8. The van der Waals surface area contributed by atoms with E-state index in [1.54, 1.807) is 31.4 Å². The van der Waals surface area contributed by atoms with E-state index in [0.29, 0.717) is 24.4 Å². The second-order valence-corrected chi connectivity index (χ2v) is 6.82. The highest BCUT2D eigenvalue weighted by atomic mass is 16.6. The molecular formula is C22H24N2O6. The number of fused-ring (bicyclic) bond motifs is 1. The van der Waals surface area contributed by atoms with Crippen LogP contribution in [-0.2, 0) is 25.5 Å². The summed E-state index contributed by atoms with van der Waals surface area (Å²) < 4.78 is 15.8. The quantitative estimate of drug-likeness (QED) is 0.644. The van der Waals surface area contributed by atoms with Crippen LogP contribution in [-0.4, -0.2) is 43.6 Å². The van der Waals surface area contributed by atoms with Gasteiger partial charge in [-0.25, -0.2) is 0 Å². The lowest BCUT2D eigenvalue weighted by atomic mass is 10.1. The number of para-hydroxylation sites is 2. The van der Waals surface area contributed by atoms with Gasteiger partial charge in [-0.2, -0.15) is 0 Å². The summed E-state index contributed by atoms with van der Waals surface area (Å²) in [4.78, 5) is 36.4. The van der Waals surface area contributed by atoms with Crippen LogP contribution in [0, 0.1) is 0 Å². The Kier molecular flexibility index (Phi) is 6.90. The lowest BCUT2D eigenvalue weighted by Gasteiger charge is -2.25. The van der Waals surface area contributed by atoms with Gasteiger partial charge >= 0.3 is 5.97 Å². The van der Waals surface area contributed by atoms with Crippen molar-refractivity contribution < 1.29 is 28.6 Å². The third-order valence-corrected chi connectivity index (χ3v) is 4.61. The Hall–Kier alpha value is -3.55. The molecule has 0 unspecified atom stereocenters. The molecule has 30 heavy (non-hydrogen) atoms. The van der Waals surface area contributed by atoms with Gasteiger partial charge in [0.25, 0.3) is 11.8 Å². The number of nitrogens with one attached hydrogen (secondary N) is 2. The fourth-order valence-electron chi connectivity index (χ4n) is 2.94. The molecule has 0 aromatic heterocycles. The van der Waals surface area contributed by atoms with E-state index in [4.69, 9.17) is 14.2 Å². The van der Waals surface area contributed by atoms with E-state index in [2.05, 4.69) is 10.6 Å². The van der Waals surface area contributed by atoms with E-state index in [1.807, 2.05) is 24.3 Å². The third kappa shape index (κ3) is 5.50. The Labute approximate surface area is 174 Å².